The lowest BCUT2D eigenvalue weighted by atomic mass is 10.0. The minimum Gasteiger partial charge on any atom is -0.506 e. The first kappa shape index (κ1) is 25.2. The number of thioether (sulfide) groups is 1. The fourth-order valence-electron chi connectivity index (χ4n) is 4.09. The van der Waals surface area contributed by atoms with E-state index < -0.39 is 5.97 Å². The number of nitrogens with zero attached hydrogens (tertiary/aromatic N) is 3. The summed E-state index contributed by atoms with van der Waals surface area (Å²) in [7, 11) is 1.93. The molecule has 4 aromatic rings. The van der Waals surface area contributed by atoms with Gasteiger partial charge in [0.15, 0.2) is 0 Å². The van der Waals surface area contributed by atoms with E-state index in [0.29, 0.717) is 33.3 Å². The smallest absolute Gasteiger partial charge is 0.340 e. The Kier molecular flexibility index (Phi) is 7.76. The number of ether oxygens (including phenoxy) is 2. The Balaban J connectivity index is 1.78. The number of para-hydroxylation sites is 1. The fraction of sp³-hybridized carbons (Fsp3) is 0.308. The van der Waals surface area contributed by atoms with E-state index in [2.05, 4.69) is 20.9 Å². The molecule has 184 valence electrons. The van der Waals surface area contributed by atoms with Crippen molar-refractivity contribution in [3.05, 3.63) is 75.9 Å². The molecule has 1 atom stereocenters. The number of imidazole rings is 1. The number of halogens is 1. The third-order valence-corrected chi connectivity index (χ3v) is 7.48. The molecule has 0 spiro atoms. The van der Waals surface area contributed by atoms with Crippen LogP contribution in [0.15, 0.2) is 53.3 Å². The van der Waals surface area contributed by atoms with Gasteiger partial charge in [0, 0.05) is 41.8 Å². The molecule has 9 heteroatoms. The highest BCUT2D eigenvalue weighted by atomic mass is 79.9. The Morgan fingerprint density at radius 1 is 1.29 bits per heavy atom. The third-order valence-electron chi connectivity index (χ3n) is 5.87. The molecule has 35 heavy (non-hydrogen) atoms. The predicted molar refractivity (Wildman–Crippen MR) is 142 cm³/mol. The minimum absolute atomic E-state index is 0.0988. The van der Waals surface area contributed by atoms with Crippen LogP contribution in [0.25, 0.3) is 10.9 Å². The summed E-state index contributed by atoms with van der Waals surface area (Å²) < 4.78 is 16.0. The molecule has 0 fully saturated rings. The second kappa shape index (κ2) is 10.8. The number of aromatic nitrogens is 3. The fourth-order valence-corrected chi connectivity index (χ4v) is 5.45. The van der Waals surface area contributed by atoms with E-state index in [1.807, 2.05) is 72.6 Å². The molecule has 1 N–H and O–H groups in total. The van der Waals surface area contributed by atoms with E-state index in [0.717, 1.165) is 22.8 Å². The van der Waals surface area contributed by atoms with Gasteiger partial charge in [-0.25, -0.2) is 9.78 Å². The summed E-state index contributed by atoms with van der Waals surface area (Å²) in [6, 6.07) is 11.5. The molecule has 7 nitrogen and oxygen atoms in total. The summed E-state index contributed by atoms with van der Waals surface area (Å²) in [5.74, 6) is 1.82. The lowest BCUT2D eigenvalue weighted by molar-refractivity contribution is 0.0527. The Morgan fingerprint density at radius 3 is 2.69 bits per heavy atom. The number of benzene rings is 2. The number of carbonyl (C=O) groups is 1. The second-order valence-corrected chi connectivity index (χ2v) is 10.2. The summed E-state index contributed by atoms with van der Waals surface area (Å²) >= 11 is 5.08. The molecule has 2 aromatic heterocycles. The molecule has 4 rings (SSSR count). The Bertz CT molecular complexity index is 1350. The molecule has 0 aliphatic heterocycles. The minimum atomic E-state index is -0.407. The number of aryl methyl sites for hydroxylation is 2. The van der Waals surface area contributed by atoms with E-state index in [9.17, 15) is 9.90 Å². The van der Waals surface area contributed by atoms with Crippen LogP contribution in [0, 0.1) is 6.92 Å². The average Bonchev–Trinajstić information content (AvgIpc) is 3.36. The number of hydrogen-bond acceptors (Lipinski definition) is 6. The van der Waals surface area contributed by atoms with Gasteiger partial charge in [-0.2, -0.15) is 0 Å². The van der Waals surface area contributed by atoms with Gasteiger partial charge in [-0.3, -0.25) is 0 Å². The van der Waals surface area contributed by atoms with Crippen molar-refractivity contribution in [2.75, 3.05) is 6.61 Å². The number of phenols is 1. The van der Waals surface area contributed by atoms with Crippen LogP contribution < -0.4 is 4.74 Å². The zero-order valence-electron chi connectivity index (χ0n) is 20.1. The number of phenolic OH excluding ortho intramolecular Hbond substituents is 1. The Morgan fingerprint density at radius 2 is 2.03 bits per heavy atom. The maximum absolute atomic E-state index is 13.3. The summed E-state index contributed by atoms with van der Waals surface area (Å²) in [4.78, 5) is 17.6. The van der Waals surface area contributed by atoms with E-state index in [-0.39, 0.29) is 17.8 Å². The van der Waals surface area contributed by atoms with Gasteiger partial charge >= 0.3 is 5.97 Å². The van der Waals surface area contributed by atoms with Crippen LogP contribution in [-0.2, 0) is 24.1 Å². The molecule has 0 saturated carbocycles. The Hall–Kier alpha value is -2.91. The van der Waals surface area contributed by atoms with Crippen molar-refractivity contribution < 1.29 is 19.4 Å². The van der Waals surface area contributed by atoms with Crippen molar-refractivity contribution in [3.63, 3.8) is 0 Å². The van der Waals surface area contributed by atoms with Crippen LogP contribution in [0.4, 0.5) is 0 Å². The molecule has 2 heterocycles. The number of esters is 1. The van der Waals surface area contributed by atoms with Crippen molar-refractivity contribution >= 4 is 44.6 Å². The highest BCUT2D eigenvalue weighted by molar-refractivity contribution is 9.10. The van der Waals surface area contributed by atoms with Gasteiger partial charge in [0.1, 0.15) is 22.8 Å². The molecule has 0 aliphatic carbocycles. The van der Waals surface area contributed by atoms with Gasteiger partial charge in [-0.05, 0) is 54.9 Å². The van der Waals surface area contributed by atoms with E-state index in [1.165, 1.54) is 0 Å². The maximum Gasteiger partial charge on any atom is 0.340 e. The van der Waals surface area contributed by atoms with Gasteiger partial charge in [0.25, 0.3) is 0 Å². The molecule has 0 aliphatic rings. The molecule has 0 amide bonds. The topological polar surface area (TPSA) is 78.5 Å². The number of rotatable bonds is 9. The molecule has 0 bridgehead atoms. The average molecular weight is 558 g/mol. The number of fused-ring (bicyclic) bond motifs is 1. The zero-order valence-corrected chi connectivity index (χ0v) is 22.5. The summed E-state index contributed by atoms with van der Waals surface area (Å²) in [6.07, 6.45) is 3.57. The second-order valence-electron chi connectivity index (χ2n) is 8.09. The van der Waals surface area contributed by atoms with Gasteiger partial charge in [-0.15, -0.1) is 11.8 Å². The first-order valence-electron chi connectivity index (χ1n) is 11.3. The Labute approximate surface area is 217 Å². The van der Waals surface area contributed by atoms with Gasteiger partial charge in [-0.1, -0.05) is 18.2 Å². The summed E-state index contributed by atoms with van der Waals surface area (Å²) in [5.41, 5.74) is 2.61. The normalized spacial score (nSPS) is 12.1. The molecule has 0 saturated heterocycles. The van der Waals surface area contributed by atoms with E-state index >= 15 is 0 Å². The first-order chi connectivity index (χ1) is 16.8. The number of hydrogen-bond donors (Lipinski definition) is 1. The number of carbonyl (C=O) groups excluding carboxylic acids is 1. The summed E-state index contributed by atoms with van der Waals surface area (Å²) in [6.45, 7) is 6.30. The zero-order chi connectivity index (χ0) is 25.1. The van der Waals surface area contributed by atoms with Crippen molar-refractivity contribution in [1.82, 2.24) is 14.1 Å². The highest BCUT2D eigenvalue weighted by Gasteiger charge is 2.28. The van der Waals surface area contributed by atoms with Crippen LogP contribution in [0.1, 0.15) is 41.3 Å². The molecule has 1 unspecified atom stereocenters. The van der Waals surface area contributed by atoms with E-state index in [4.69, 9.17) is 9.47 Å². The maximum atomic E-state index is 13.3. The van der Waals surface area contributed by atoms with Crippen molar-refractivity contribution in [1.29, 1.82) is 0 Å². The van der Waals surface area contributed by atoms with Crippen LogP contribution in [0.3, 0.4) is 0 Å². The predicted octanol–water partition coefficient (Wildman–Crippen LogP) is 6.03. The molecule has 2 aromatic carbocycles. The van der Waals surface area contributed by atoms with Crippen LogP contribution >= 0.6 is 27.7 Å². The highest BCUT2D eigenvalue weighted by Crippen LogP contribution is 2.41. The van der Waals surface area contributed by atoms with Gasteiger partial charge in [0.2, 0.25) is 0 Å². The standard InChI is InChI=1S/C26H28BrN3O4S/c1-5-33-26(32)24-22(15-35-17(3)34-18-9-7-6-8-10-18)29(4)21-13-20(27)25(31)19(23(21)24)14-30-12-11-28-16(30)2/h6-13,17,31H,5,14-15H2,1-4H3. The largest absolute Gasteiger partial charge is 0.506 e. The van der Waals surface area contributed by atoms with Gasteiger partial charge < -0.3 is 23.7 Å². The lowest BCUT2D eigenvalue weighted by Gasteiger charge is -2.15. The molecule has 0 radical (unpaired) electrons. The summed E-state index contributed by atoms with van der Waals surface area (Å²) in [5, 5.41) is 11.7. The quantitative estimate of drug-likeness (QED) is 0.200. The van der Waals surface area contributed by atoms with Crippen molar-refractivity contribution in [2.24, 2.45) is 7.05 Å². The van der Waals surface area contributed by atoms with Crippen LogP contribution in [0.5, 0.6) is 11.5 Å². The van der Waals surface area contributed by atoms with Crippen LogP contribution in [-0.4, -0.2) is 37.2 Å². The first-order valence-corrected chi connectivity index (χ1v) is 13.2. The SMILES string of the molecule is CCOC(=O)c1c(CSC(C)Oc2ccccc2)n(C)c2cc(Br)c(O)c(Cn3ccnc3C)c12. The monoisotopic (exact) mass is 557 g/mol. The van der Waals surface area contributed by atoms with Gasteiger partial charge in [0.05, 0.1) is 28.7 Å². The molecular weight excluding hydrogens is 530 g/mol. The van der Waals surface area contributed by atoms with Crippen molar-refractivity contribution in [3.8, 4) is 11.5 Å². The van der Waals surface area contributed by atoms with Crippen molar-refractivity contribution in [2.45, 2.75) is 38.5 Å². The molecular formula is C26H28BrN3O4S. The van der Waals surface area contributed by atoms with E-state index in [1.54, 1.807) is 24.9 Å². The lowest BCUT2D eigenvalue weighted by Crippen LogP contribution is -2.12. The third kappa shape index (κ3) is 5.21. The van der Waals surface area contributed by atoms with Crippen LogP contribution in [0.2, 0.25) is 0 Å². The number of aromatic hydroxyl groups is 1.